The fourth-order valence-corrected chi connectivity index (χ4v) is 3.07. The summed E-state index contributed by atoms with van der Waals surface area (Å²) >= 11 is 1.57. The van der Waals surface area contributed by atoms with Crippen LogP contribution in [0.5, 0.6) is 0 Å². The number of nitrogens with two attached hydrogens (primary N) is 1. The van der Waals surface area contributed by atoms with E-state index in [1.165, 1.54) is 0 Å². The van der Waals surface area contributed by atoms with Gasteiger partial charge in [0.1, 0.15) is 5.76 Å². The summed E-state index contributed by atoms with van der Waals surface area (Å²) in [5.74, 6) is 1.96. The van der Waals surface area contributed by atoms with Crippen LogP contribution in [0.4, 0.5) is 0 Å². The van der Waals surface area contributed by atoms with Gasteiger partial charge in [-0.25, -0.2) is 4.98 Å². The molecule has 7 heteroatoms. The lowest BCUT2D eigenvalue weighted by Crippen LogP contribution is -2.40. The van der Waals surface area contributed by atoms with Crippen LogP contribution in [0.15, 0.2) is 34.1 Å². The molecule has 0 fully saturated rings. The quantitative estimate of drug-likeness (QED) is 0.723. The average molecular weight is 336 g/mol. The number of amides is 1. The maximum absolute atomic E-state index is 12.2. The summed E-state index contributed by atoms with van der Waals surface area (Å²) in [4.78, 5) is 16.5. The predicted molar refractivity (Wildman–Crippen MR) is 91.2 cm³/mol. The Morgan fingerprint density at radius 2 is 2.26 bits per heavy atom. The Kier molecular flexibility index (Phi) is 6.29. The van der Waals surface area contributed by atoms with E-state index in [-0.39, 0.29) is 11.9 Å². The smallest absolute Gasteiger partial charge is 0.287 e. The Bertz CT molecular complexity index is 636. The van der Waals surface area contributed by atoms with E-state index in [0.717, 1.165) is 17.3 Å². The van der Waals surface area contributed by atoms with Gasteiger partial charge in [0, 0.05) is 32.0 Å². The van der Waals surface area contributed by atoms with Crippen molar-refractivity contribution in [2.24, 2.45) is 18.7 Å². The fourth-order valence-electron chi connectivity index (χ4n) is 2.24. The molecular weight excluding hydrogens is 312 g/mol. The molecular formula is C16H24N4O2S. The summed E-state index contributed by atoms with van der Waals surface area (Å²) in [7, 11) is 1.94. The molecule has 0 radical (unpaired) electrons. The monoisotopic (exact) mass is 336 g/mol. The first-order valence-corrected chi connectivity index (χ1v) is 8.68. The normalized spacial score (nSPS) is 12.6. The van der Waals surface area contributed by atoms with Crippen LogP contribution < -0.4 is 11.1 Å². The van der Waals surface area contributed by atoms with E-state index < -0.39 is 0 Å². The number of nitrogens with one attached hydrogen (secondary N) is 1. The largest absolute Gasteiger partial charge is 0.455 e. The van der Waals surface area contributed by atoms with Crippen LogP contribution in [0.2, 0.25) is 0 Å². The van der Waals surface area contributed by atoms with Gasteiger partial charge in [0.05, 0.1) is 5.75 Å². The maximum Gasteiger partial charge on any atom is 0.287 e. The first kappa shape index (κ1) is 17.6. The summed E-state index contributed by atoms with van der Waals surface area (Å²) in [6.07, 6.45) is 4.50. The Labute approximate surface area is 140 Å². The lowest BCUT2D eigenvalue weighted by atomic mass is 10.0. The molecule has 1 unspecified atom stereocenters. The Hall–Kier alpha value is -1.73. The van der Waals surface area contributed by atoms with Crippen molar-refractivity contribution >= 4 is 17.7 Å². The van der Waals surface area contributed by atoms with Crippen molar-refractivity contribution in [2.45, 2.75) is 37.2 Å². The summed E-state index contributed by atoms with van der Waals surface area (Å²) in [6.45, 7) is 4.63. The SMILES string of the molecule is CC(C)CC(CN)NC(=O)c1ccc(CSc2nccn2C)o1. The molecule has 2 rings (SSSR count). The predicted octanol–water partition coefficient (Wildman–Crippen LogP) is 2.41. The van der Waals surface area contributed by atoms with E-state index in [9.17, 15) is 4.79 Å². The van der Waals surface area contributed by atoms with Crippen molar-refractivity contribution in [3.63, 3.8) is 0 Å². The van der Waals surface area contributed by atoms with Crippen molar-refractivity contribution in [1.29, 1.82) is 0 Å². The fraction of sp³-hybridized carbons (Fsp3) is 0.500. The molecule has 1 amide bonds. The van der Waals surface area contributed by atoms with E-state index in [1.807, 2.05) is 23.9 Å². The van der Waals surface area contributed by atoms with Gasteiger partial charge >= 0.3 is 0 Å². The molecule has 0 bridgehead atoms. The van der Waals surface area contributed by atoms with Gasteiger partial charge in [-0.2, -0.15) is 0 Å². The van der Waals surface area contributed by atoms with Crippen LogP contribution in [0, 0.1) is 5.92 Å². The maximum atomic E-state index is 12.2. The number of aryl methyl sites for hydroxylation is 1. The van der Waals surface area contributed by atoms with Gasteiger partial charge in [0.2, 0.25) is 0 Å². The third-order valence-corrected chi connectivity index (χ3v) is 4.46. The molecule has 126 valence electrons. The van der Waals surface area contributed by atoms with Gasteiger partial charge in [-0.15, -0.1) is 0 Å². The van der Waals surface area contributed by atoms with Gasteiger partial charge in [-0.05, 0) is 24.5 Å². The minimum Gasteiger partial charge on any atom is -0.455 e. The summed E-state index contributed by atoms with van der Waals surface area (Å²) < 4.78 is 7.57. The second kappa shape index (κ2) is 8.21. The molecule has 23 heavy (non-hydrogen) atoms. The van der Waals surface area contributed by atoms with E-state index in [2.05, 4.69) is 24.1 Å². The molecule has 6 nitrogen and oxygen atoms in total. The first-order chi connectivity index (χ1) is 11.0. The van der Waals surface area contributed by atoms with Crippen LogP contribution in [-0.2, 0) is 12.8 Å². The average Bonchev–Trinajstić information content (AvgIpc) is 3.12. The standard InChI is InChI=1S/C16H24N4O2S/c1-11(2)8-12(9-17)19-15(21)14-5-4-13(22-14)10-23-16-18-6-7-20(16)3/h4-7,11-12H,8-10,17H2,1-3H3,(H,19,21). The number of hydrogen-bond donors (Lipinski definition) is 2. The molecule has 0 saturated heterocycles. The zero-order valence-corrected chi connectivity index (χ0v) is 14.6. The van der Waals surface area contributed by atoms with E-state index >= 15 is 0 Å². The van der Waals surface area contributed by atoms with Crippen LogP contribution in [-0.4, -0.2) is 28.0 Å². The van der Waals surface area contributed by atoms with Crippen molar-refractivity contribution in [3.8, 4) is 0 Å². The molecule has 1 atom stereocenters. The number of aromatic nitrogens is 2. The van der Waals surface area contributed by atoms with Gasteiger partial charge in [0.15, 0.2) is 10.9 Å². The first-order valence-electron chi connectivity index (χ1n) is 7.69. The minimum absolute atomic E-state index is 0.0296. The lowest BCUT2D eigenvalue weighted by molar-refractivity contribution is 0.0904. The molecule has 3 N–H and O–H groups in total. The molecule has 0 aliphatic rings. The number of thioether (sulfide) groups is 1. The number of imidazole rings is 1. The topological polar surface area (TPSA) is 86.1 Å². The van der Waals surface area contributed by atoms with Gasteiger partial charge in [0.25, 0.3) is 5.91 Å². The highest BCUT2D eigenvalue weighted by Crippen LogP contribution is 2.22. The number of rotatable bonds is 8. The molecule has 2 aromatic heterocycles. The molecule has 0 aliphatic heterocycles. The number of nitrogens with zero attached hydrogens (tertiary/aromatic N) is 2. The summed E-state index contributed by atoms with van der Waals surface area (Å²) in [5, 5.41) is 3.84. The van der Waals surface area contributed by atoms with Crippen molar-refractivity contribution in [2.75, 3.05) is 6.54 Å². The zero-order valence-electron chi connectivity index (χ0n) is 13.8. The van der Waals surface area contributed by atoms with Crippen LogP contribution in [0.25, 0.3) is 0 Å². The lowest BCUT2D eigenvalue weighted by Gasteiger charge is -2.17. The number of furan rings is 1. The highest BCUT2D eigenvalue weighted by Gasteiger charge is 2.17. The zero-order chi connectivity index (χ0) is 16.8. The molecule has 0 saturated carbocycles. The van der Waals surface area contributed by atoms with Crippen LogP contribution >= 0.6 is 11.8 Å². The molecule has 2 aromatic rings. The molecule has 0 aliphatic carbocycles. The minimum atomic E-state index is -0.214. The number of hydrogen-bond acceptors (Lipinski definition) is 5. The van der Waals surface area contributed by atoms with Crippen molar-refractivity contribution in [3.05, 3.63) is 36.0 Å². The van der Waals surface area contributed by atoms with Gasteiger partial charge < -0.3 is 20.0 Å². The molecule has 0 aromatic carbocycles. The number of carbonyl (C=O) groups excluding carboxylic acids is 1. The Morgan fingerprint density at radius 3 is 2.87 bits per heavy atom. The third kappa shape index (κ3) is 5.14. The second-order valence-electron chi connectivity index (χ2n) is 5.91. The summed E-state index contributed by atoms with van der Waals surface area (Å²) in [6, 6.07) is 3.50. The highest BCUT2D eigenvalue weighted by atomic mass is 32.2. The molecule has 0 spiro atoms. The van der Waals surface area contributed by atoms with Crippen LogP contribution in [0.1, 0.15) is 36.6 Å². The third-order valence-electron chi connectivity index (χ3n) is 3.38. The summed E-state index contributed by atoms with van der Waals surface area (Å²) in [5.41, 5.74) is 5.71. The Morgan fingerprint density at radius 1 is 1.48 bits per heavy atom. The van der Waals surface area contributed by atoms with Crippen molar-refractivity contribution in [1.82, 2.24) is 14.9 Å². The number of carbonyl (C=O) groups is 1. The Balaban J connectivity index is 1.90. The van der Waals surface area contributed by atoms with Gasteiger partial charge in [-0.3, -0.25) is 4.79 Å². The van der Waals surface area contributed by atoms with E-state index in [4.69, 9.17) is 10.2 Å². The van der Waals surface area contributed by atoms with E-state index in [1.54, 1.807) is 24.0 Å². The molecule has 2 heterocycles. The van der Waals surface area contributed by atoms with Crippen molar-refractivity contribution < 1.29 is 9.21 Å². The van der Waals surface area contributed by atoms with E-state index in [0.29, 0.717) is 24.0 Å². The van der Waals surface area contributed by atoms with Crippen LogP contribution in [0.3, 0.4) is 0 Å². The highest BCUT2D eigenvalue weighted by molar-refractivity contribution is 7.98. The van der Waals surface area contributed by atoms with Gasteiger partial charge in [-0.1, -0.05) is 25.6 Å². The second-order valence-corrected chi connectivity index (χ2v) is 6.85.